The Balaban J connectivity index is 0.000000383. The molecule has 10 heteroatoms. The summed E-state index contributed by atoms with van der Waals surface area (Å²) in [6, 6.07) is 16.5. The quantitative estimate of drug-likeness (QED) is 0.696. The molecule has 2 fully saturated rings. The fraction of sp³-hybridized carbons (Fsp3) is 0.391. The number of alkyl halides is 3. The van der Waals surface area contributed by atoms with Gasteiger partial charge in [0.2, 0.25) is 5.91 Å². The van der Waals surface area contributed by atoms with Crippen molar-refractivity contribution in [3.05, 3.63) is 66.0 Å². The van der Waals surface area contributed by atoms with E-state index in [0.29, 0.717) is 26.2 Å². The predicted octanol–water partition coefficient (Wildman–Crippen LogP) is 3.71. The van der Waals surface area contributed by atoms with Crippen LogP contribution in [-0.2, 0) is 20.9 Å². The molecular formula is C23H24F4N2O4. The molecule has 0 aromatic heterocycles. The second-order valence-electron chi connectivity index (χ2n) is 8.18. The molecule has 6 nitrogen and oxygen atoms in total. The Kier molecular flexibility index (Phi) is 7.70. The molecule has 1 atom stereocenters. The van der Waals surface area contributed by atoms with Crippen molar-refractivity contribution in [2.45, 2.75) is 19.1 Å². The van der Waals surface area contributed by atoms with Gasteiger partial charge in [-0.15, -0.1) is 0 Å². The minimum atomic E-state index is -5.08. The lowest BCUT2D eigenvalue weighted by Gasteiger charge is -2.31. The van der Waals surface area contributed by atoms with E-state index in [1.807, 2.05) is 6.07 Å². The maximum absolute atomic E-state index is 13.2. The van der Waals surface area contributed by atoms with Crippen LogP contribution in [0, 0.1) is 11.2 Å². The van der Waals surface area contributed by atoms with Gasteiger partial charge in [-0.25, -0.2) is 9.18 Å². The highest BCUT2D eigenvalue weighted by molar-refractivity contribution is 5.96. The maximum atomic E-state index is 13.2. The van der Waals surface area contributed by atoms with E-state index in [9.17, 15) is 22.4 Å². The first-order chi connectivity index (χ1) is 15.6. The molecule has 0 saturated carbocycles. The van der Waals surface area contributed by atoms with Crippen LogP contribution in [0.2, 0.25) is 0 Å². The lowest BCUT2D eigenvalue weighted by atomic mass is 9.87. The molecule has 0 aliphatic carbocycles. The topological polar surface area (TPSA) is 70.1 Å². The molecule has 2 aromatic carbocycles. The summed E-state index contributed by atoms with van der Waals surface area (Å²) in [6.07, 6.45) is -4.62. The number of benzene rings is 2. The number of halogens is 4. The zero-order chi connectivity index (χ0) is 24.1. The van der Waals surface area contributed by atoms with Gasteiger partial charge in [-0.2, -0.15) is 13.2 Å². The van der Waals surface area contributed by atoms with Crippen molar-refractivity contribution in [2.75, 3.05) is 37.7 Å². The Morgan fingerprint density at radius 3 is 2.30 bits per heavy atom. The molecule has 0 radical (unpaired) electrons. The number of carboxylic acid groups (broad SMARTS) is 1. The third-order valence-corrected chi connectivity index (χ3v) is 5.47. The minimum Gasteiger partial charge on any atom is -0.475 e. The Morgan fingerprint density at radius 1 is 1.06 bits per heavy atom. The fourth-order valence-corrected chi connectivity index (χ4v) is 4.01. The molecule has 2 aromatic rings. The van der Waals surface area contributed by atoms with Gasteiger partial charge in [0, 0.05) is 43.7 Å². The van der Waals surface area contributed by atoms with Gasteiger partial charge in [-0.1, -0.05) is 30.3 Å². The van der Waals surface area contributed by atoms with Crippen LogP contribution in [0.3, 0.4) is 0 Å². The van der Waals surface area contributed by atoms with Crippen LogP contribution < -0.4 is 4.90 Å². The summed E-state index contributed by atoms with van der Waals surface area (Å²) in [5.41, 5.74) is 1.81. The molecule has 2 aliphatic rings. The van der Waals surface area contributed by atoms with Crippen LogP contribution in [0.4, 0.5) is 23.2 Å². The third kappa shape index (κ3) is 6.75. The number of anilines is 1. The average molecular weight is 468 g/mol. The van der Waals surface area contributed by atoms with Crippen LogP contribution in [0.15, 0.2) is 54.6 Å². The van der Waals surface area contributed by atoms with Crippen molar-refractivity contribution in [1.82, 2.24) is 4.90 Å². The number of ether oxygens (including phenoxy) is 1. The van der Waals surface area contributed by atoms with Gasteiger partial charge < -0.3 is 14.7 Å². The molecule has 1 N–H and O–H groups in total. The monoisotopic (exact) mass is 468 g/mol. The first-order valence-corrected chi connectivity index (χ1v) is 10.3. The van der Waals surface area contributed by atoms with E-state index in [2.05, 4.69) is 29.2 Å². The van der Waals surface area contributed by atoms with Crippen molar-refractivity contribution < 1.29 is 37.0 Å². The number of rotatable bonds is 3. The molecule has 178 valence electrons. The van der Waals surface area contributed by atoms with E-state index in [-0.39, 0.29) is 17.1 Å². The Hall–Kier alpha value is -2.98. The van der Waals surface area contributed by atoms with Crippen molar-refractivity contribution in [3.8, 4) is 0 Å². The number of aliphatic carboxylic acids is 1. The molecule has 2 aliphatic heterocycles. The summed E-state index contributed by atoms with van der Waals surface area (Å²) < 4.78 is 50.8. The molecule has 4 rings (SSSR count). The van der Waals surface area contributed by atoms with E-state index in [1.54, 1.807) is 17.0 Å². The van der Waals surface area contributed by atoms with Crippen molar-refractivity contribution in [2.24, 2.45) is 5.41 Å². The smallest absolute Gasteiger partial charge is 0.475 e. The number of amides is 1. The maximum Gasteiger partial charge on any atom is 0.490 e. The third-order valence-electron chi connectivity index (χ3n) is 5.47. The van der Waals surface area contributed by atoms with Crippen molar-refractivity contribution in [3.63, 3.8) is 0 Å². The van der Waals surface area contributed by atoms with Crippen LogP contribution in [-0.4, -0.2) is 60.9 Å². The van der Waals surface area contributed by atoms with Gasteiger partial charge >= 0.3 is 12.1 Å². The molecule has 1 amide bonds. The number of hydrogen-bond donors (Lipinski definition) is 1. The Morgan fingerprint density at radius 2 is 1.70 bits per heavy atom. The van der Waals surface area contributed by atoms with Gasteiger partial charge in [-0.05, 0) is 29.8 Å². The summed E-state index contributed by atoms with van der Waals surface area (Å²) in [7, 11) is 0. The number of carboxylic acids is 1. The van der Waals surface area contributed by atoms with Gasteiger partial charge in [0.15, 0.2) is 0 Å². The summed E-state index contributed by atoms with van der Waals surface area (Å²) >= 11 is 0. The van der Waals surface area contributed by atoms with Gasteiger partial charge in [0.25, 0.3) is 0 Å². The highest BCUT2D eigenvalue weighted by atomic mass is 19.4. The van der Waals surface area contributed by atoms with E-state index >= 15 is 0 Å². The minimum absolute atomic E-state index is 0.0850. The van der Waals surface area contributed by atoms with Crippen LogP contribution >= 0.6 is 0 Å². The van der Waals surface area contributed by atoms with E-state index in [1.165, 1.54) is 17.7 Å². The predicted molar refractivity (Wildman–Crippen MR) is 112 cm³/mol. The van der Waals surface area contributed by atoms with E-state index < -0.39 is 12.1 Å². The summed E-state index contributed by atoms with van der Waals surface area (Å²) in [5.74, 6) is -2.96. The van der Waals surface area contributed by atoms with Gasteiger partial charge in [0.1, 0.15) is 5.82 Å². The Labute approximate surface area is 188 Å². The molecule has 1 unspecified atom stereocenters. The molecular weight excluding hydrogens is 444 g/mol. The van der Waals surface area contributed by atoms with Crippen LogP contribution in [0.25, 0.3) is 0 Å². The second kappa shape index (κ2) is 10.3. The number of carbonyl (C=O) groups excluding carboxylic acids is 1. The van der Waals surface area contributed by atoms with Gasteiger partial charge in [-0.3, -0.25) is 9.69 Å². The highest BCUT2D eigenvalue weighted by Crippen LogP contribution is 2.37. The molecule has 2 saturated heterocycles. The number of hydrogen-bond acceptors (Lipinski definition) is 4. The standard InChI is InChI=1S/C21H23FN2O2.C2HF3O2/c22-18-6-8-19(9-7-18)24-15-21(12-20(24)25)14-23(10-11-26-16-21)13-17-4-2-1-3-5-17;3-2(4,5)1(6)7/h1-9H,10-16H2;(H,6,7). The average Bonchev–Trinajstić information content (AvgIpc) is 2.95. The molecule has 1 spiro atoms. The van der Waals surface area contributed by atoms with Crippen LogP contribution in [0.1, 0.15) is 12.0 Å². The lowest BCUT2D eigenvalue weighted by Crippen LogP contribution is -2.40. The highest BCUT2D eigenvalue weighted by Gasteiger charge is 2.46. The van der Waals surface area contributed by atoms with Gasteiger partial charge in [0.05, 0.1) is 13.2 Å². The zero-order valence-electron chi connectivity index (χ0n) is 17.7. The second-order valence-corrected chi connectivity index (χ2v) is 8.18. The number of nitrogens with zero attached hydrogens (tertiary/aromatic N) is 2. The summed E-state index contributed by atoms with van der Waals surface area (Å²) in [6.45, 7) is 4.42. The number of carbonyl (C=O) groups is 2. The molecule has 2 heterocycles. The van der Waals surface area contributed by atoms with Crippen molar-refractivity contribution >= 4 is 17.6 Å². The lowest BCUT2D eigenvalue weighted by molar-refractivity contribution is -0.192. The zero-order valence-corrected chi connectivity index (χ0v) is 17.7. The normalized spacial score (nSPS) is 21.5. The summed E-state index contributed by atoms with van der Waals surface area (Å²) in [4.78, 5) is 25.7. The van der Waals surface area contributed by atoms with E-state index in [4.69, 9.17) is 14.6 Å². The fourth-order valence-electron chi connectivity index (χ4n) is 4.01. The Bertz CT molecular complexity index is 953. The van der Waals surface area contributed by atoms with Crippen molar-refractivity contribution in [1.29, 1.82) is 0 Å². The van der Waals surface area contributed by atoms with E-state index in [0.717, 1.165) is 25.3 Å². The first kappa shape index (κ1) is 24.7. The molecule has 33 heavy (non-hydrogen) atoms. The van der Waals surface area contributed by atoms with Crippen LogP contribution in [0.5, 0.6) is 0 Å². The first-order valence-electron chi connectivity index (χ1n) is 10.3. The summed E-state index contributed by atoms with van der Waals surface area (Å²) in [5, 5.41) is 7.12. The molecule has 0 bridgehead atoms. The largest absolute Gasteiger partial charge is 0.490 e. The SMILES string of the molecule is O=C(O)C(F)(F)F.O=C1CC2(COCCN(Cc3ccccc3)C2)CN1c1ccc(F)cc1.